The number of pyridine rings is 1. The predicted octanol–water partition coefficient (Wildman–Crippen LogP) is 4.52. The van der Waals surface area contributed by atoms with Gasteiger partial charge in [0.15, 0.2) is 17.9 Å². The Balaban J connectivity index is 1.80. The lowest BCUT2D eigenvalue weighted by Gasteiger charge is -2.49. The highest BCUT2D eigenvalue weighted by molar-refractivity contribution is 5.47. The van der Waals surface area contributed by atoms with E-state index in [1.807, 2.05) is 0 Å². The zero-order valence-corrected chi connectivity index (χ0v) is 16.1. The third-order valence-corrected chi connectivity index (χ3v) is 6.66. The first kappa shape index (κ1) is 16.7. The molecule has 0 amide bonds. The van der Waals surface area contributed by atoms with Crippen molar-refractivity contribution in [1.82, 2.24) is 4.90 Å². The largest absolute Gasteiger partial charge is 0.299 e. The zero-order chi connectivity index (χ0) is 18.4. The lowest BCUT2D eigenvalue weighted by Crippen LogP contribution is -2.63. The summed E-state index contributed by atoms with van der Waals surface area (Å²) in [4.78, 5) is 2.68. The second-order valence-corrected chi connectivity index (χ2v) is 7.73. The van der Waals surface area contributed by atoms with Gasteiger partial charge in [-0.3, -0.25) is 4.90 Å². The van der Waals surface area contributed by atoms with Gasteiger partial charge in [-0.05, 0) is 24.2 Å². The fourth-order valence-corrected chi connectivity index (χ4v) is 5.62. The van der Waals surface area contributed by atoms with E-state index in [9.17, 15) is 0 Å². The second kappa shape index (κ2) is 6.61. The average Bonchev–Trinajstić information content (AvgIpc) is 2.75. The lowest BCUT2D eigenvalue weighted by molar-refractivity contribution is -0.734. The van der Waals surface area contributed by atoms with Gasteiger partial charge in [-0.1, -0.05) is 74.5 Å². The number of hydrogen-bond donors (Lipinski definition) is 0. The smallest absolute Gasteiger partial charge is 0.192 e. The lowest BCUT2D eigenvalue weighted by atomic mass is 9.63. The molecule has 3 aliphatic rings. The SMILES string of the molecule is CCN(CC)C1C2c3ccccc3C(C1c1ccccc1)[n+]1ccccc12. The fraction of sp³-hybridized carbons (Fsp3) is 0.320. The maximum absolute atomic E-state index is 2.68. The van der Waals surface area contributed by atoms with Gasteiger partial charge in [0.1, 0.15) is 0 Å². The second-order valence-electron chi connectivity index (χ2n) is 7.73. The zero-order valence-electron chi connectivity index (χ0n) is 16.1. The molecule has 4 unspecified atom stereocenters. The molecular weight excluding hydrogens is 328 g/mol. The molecule has 2 aromatic carbocycles. The summed E-state index contributed by atoms with van der Waals surface area (Å²) in [5, 5.41) is 0. The topological polar surface area (TPSA) is 7.12 Å². The minimum Gasteiger partial charge on any atom is -0.299 e. The minimum atomic E-state index is 0.357. The van der Waals surface area contributed by atoms with Crippen molar-refractivity contribution < 1.29 is 4.57 Å². The van der Waals surface area contributed by atoms with Crippen LogP contribution in [0.2, 0.25) is 0 Å². The average molecular weight is 356 g/mol. The monoisotopic (exact) mass is 355 g/mol. The van der Waals surface area contributed by atoms with E-state index in [1.165, 1.54) is 22.4 Å². The van der Waals surface area contributed by atoms with E-state index in [0.717, 1.165) is 13.1 Å². The van der Waals surface area contributed by atoms with Crippen LogP contribution in [0, 0.1) is 0 Å². The van der Waals surface area contributed by atoms with Crippen LogP contribution >= 0.6 is 0 Å². The number of aromatic nitrogens is 1. The van der Waals surface area contributed by atoms with E-state index >= 15 is 0 Å². The van der Waals surface area contributed by atoms with Crippen LogP contribution in [0.25, 0.3) is 0 Å². The first-order valence-corrected chi connectivity index (χ1v) is 10.2. The van der Waals surface area contributed by atoms with E-state index in [-0.39, 0.29) is 0 Å². The van der Waals surface area contributed by atoms with Crippen LogP contribution in [0.15, 0.2) is 79.0 Å². The Morgan fingerprint density at radius 2 is 1.44 bits per heavy atom. The van der Waals surface area contributed by atoms with Gasteiger partial charge >= 0.3 is 0 Å². The van der Waals surface area contributed by atoms with Gasteiger partial charge in [-0.25, -0.2) is 0 Å². The maximum Gasteiger partial charge on any atom is 0.192 e. The number of likely N-dealkylation sites (N-methyl/N-ethyl adjacent to an activating group) is 1. The first-order chi connectivity index (χ1) is 13.3. The van der Waals surface area contributed by atoms with Crippen LogP contribution in [0.3, 0.4) is 0 Å². The Labute approximate surface area is 162 Å². The Hall–Kier alpha value is -2.45. The molecule has 2 heteroatoms. The molecule has 0 radical (unpaired) electrons. The standard InChI is InChI=1S/C25H27N2/c1-3-26(4-2)25-22(18-12-6-5-7-13-18)24-20-15-9-8-14-19(20)23(25)21-16-10-11-17-27(21)24/h5-17,22-25H,3-4H2,1-2H3/q+1. The quantitative estimate of drug-likeness (QED) is 0.624. The molecule has 2 nitrogen and oxygen atoms in total. The van der Waals surface area contributed by atoms with Crippen LogP contribution in [-0.4, -0.2) is 24.0 Å². The van der Waals surface area contributed by atoms with Gasteiger partial charge in [-0.2, -0.15) is 4.57 Å². The number of rotatable bonds is 4. The van der Waals surface area contributed by atoms with Crippen LogP contribution in [0.1, 0.15) is 54.1 Å². The van der Waals surface area contributed by atoms with Crippen molar-refractivity contribution in [3.8, 4) is 0 Å². The van der Waals surface area contributed by atoms with Crippen molar-refractivity contribution in [3.05, 3.63) is 101 Å². The normalized spacial score (nSPS) is 25.3. The van der Waals surface area contributed by atoms with Gasteiger partial charge in [0.2, 0.25) is 0 Å². The van der Waals surface area contributed by atoms with E-state index in [2.05, 4.69) is 102 Å². The minimum absolute atomic E-state index is 0.357. The fourth-order valence-electron chi connectivity index (χ4n) is 5.62. The highest BCUT2D eigenvalue weighted by Crippen LogP contribution is 2.53. The molecule has 0 spiro atoms. The Bertz CT molecular complexity index is 898. The summed E-state index contributed by atoms with van der Waals surface area (Å²) in [6, 6.07) is 27.9. The van der Waals surface area contributed by atoms with Crippen molar-refractivity contribution in [2.24, 2.45) is 0 Å². The number of benzene rings is 2. The summed E-state index contributed by atoms with van der Waals surface area (Å²) in [6.45, 7) is 6.78. The van der Waals surface area contributed by atoms with Gasteiger partial charge in [0, 0.05) is 23.7 Å². The molecule has 0 N–H and O–H groups in total. The maximum atomic E-state index is 2.68. The summed E-state index contributed by atoms with van der Waals surface area (Å²) in [5.74, 6) is 0.878. The molecule has 0 fully saturated rings. The van der Waals surface area contributed by atoms with Crippen LogP contribution in [-0.2, 0) is 0 Å². The van der Waals surface area contributed by atoms with Gasteiger partial charge in [0.25, 0.3) is 0 Å². The third-order valence-electron chi connectivity index (χ3n) is 6.66. The van der Waals surface area contributed by atoms with Gasteiger partial charge in [0.05, 0.1) is 11.8 Å². The van der Waals surface area contributed by atoms with E-state index in [4.69, 9.17) is 0 Å². The molecule has 1 aliphatic carbocycles. The first-order valence-electron chi connectivity index (χ1n) is 10.2. The van der Waals surface area contributed by atoms with E-state index < -0.39 is 0 Å². The molecule has 1 aromatic heterocycles. The molecule has 136 valence electrons. The molecule has 2 aliphatic heterocycles. The summed E-state index contributed by atoms with van der Waals surface area (Å²) in [7, 11) is 0. The molecule has 3 aromatic rings. The van der Waals surface area contributed by atoms with Crippen molar-refractivity contribution in [2.45, 2.75) is 37.8 Å². The van der Waals surface area contributed by atoms with Crippen LogP contribution < -0.4 is 4.57 Å². The molecule has 27 heavy (non-hydrogen) atoms. The van der Waals surface area contributed by atoms with Crippen molar-refractivity contribution in [1.29, 1.82) is 0 Å². The molecule has 2 bridgehead atoms. The van der Waals surface area contributed by atoms with Gasteiger partial charge in [-0.15, -0.1) is 0 Å². The molecule has 3 heterocycles. The summed E-state index contributed by atoms with van der Waals surface area (Å²) in [6.07, 6.45) is 2.29. The molecular formula is C25H27N2+. The van der Waals surface area contributed by atoms with Crippen molar-refractivity contribution >= 4 is 0 Å². The summed E-state index contributed by atoms with van der Waals surface area (Å²) >= 11 is 0. The van der Waals surface area contributed by atoms with Gasteiger partial charge < -0.3 is 0 Å². The molecule has 0 saturated carbocycles. The van der Waals surface area contributed by atoms with E-state index in [0.29, 0.717) is 23.9 Å². The van der Waals surface area contributed by atoms with Crippen LogP contribution in [0.4, 0.5) is 0 Å². The van der Waals surface area contributed by atoms with Crippen molar-refractivity contribution in [2.75, 3.05) is 13.1 Å². The number of fused-ring (bicyclic) bond motifs is 1. The van der Waals surface area contributed by atoms with Crippen molar-refractivity contribution in [3.63, 3.8) is 0 Å². The van der Waals surface area contributed by atoms with Crippen LogP contribution in [0.5, 0.6) is 0 Å². The Morgan fingerprint density at radius 3 is 2.19 bits per heavy atom. The predicted molar refractivity (Wildman–Crippen MR) is 109 cm³/mol. The highest BCUT2D eigenvalue weighted by atomic mass is 15.2. The molecule has 0 saturated heterocycles. The Kier molecular flexibility index (Phi) is 4.09. The molecule has 6 rings (SSSR count). The summed E-state index contributed by atoms with van der Waals surface area (Å²) < 4.78 is 2.55. The van der Waals surface area contributed by atoms with E-state index in [1.54, 1.807) is 0 Å². The molecule has 4 atom stereocenters. The Morgan fingerprint density at radius 1 is 0.778 bits per heavy atom. The number of nitrogens with zero attached hydrogens (tertiary/aromatic N) is 2. The summed E-state index contributed by atoms with van der Waals surface area (Å²) in [5.41, 5.74) is 5.95. The third kappa shape index (κ3) is 2.40. The highest BCUT2D eigenvalue weighted by Gasteiger charge is 2.57. The number of hydrogen-bond acceptors (Lipinski definition) is 1.